The Labute approximate surface area is 227 Å². The van der Waals surface area contributed by atoms with E-state index in [1.807, 2.05) is 36.4 Å². The number of nitrogens with one attached hydrogen (secondary N) is 1. The second-order valence-electron chi connectivity index (χ2n) is 9.55. The number of carbonyl (C=O) groups is 1. The molecule has 0 heterocycles. The lowest BCUT2D eigenvalue weighted by molar-refractivity contribution is 0.220. The standard InChI is InChI=1S/C33H30N2O4/c1-35(33(38)34-26-10-15-29(39-2)16-11-26)21-23-5-3-22(4-6-23)19-32-30(24-7-12-27(36)13-8-24)17-9-25-20-28(37)14-18-31(25)32/h3-18,20,36-37H,19,21H2,1-2H3,(H,34,38). The van der Waals surface area contributed by atoms with Gasteiger partial charge < -0.3 is 25.2 Å². The van der Waals surface area contributed by atoms with Gasteiger partial charge in [0.25, 0.3) is 0 Å². The molecule has 0 radical (unpaired) electrons. The van der Waals surface area contributed by atoms with Gasteiger partial charge in [0.2, 0.25) is 0 Å². The van der Waals surface area contributed by atoms with E-state index in [4.69, 9.17) is 4.74 Å². The molecule has 0 aliphatic heterocycles. The number of phenolic OH excluding ortho intramolecular Hbond substituents is 2. The molecule has 5 aromatic carbocycles. The first kappa shape index (κ1) is 25.7. The van der Waals surface area contributed by atoms with Crippen molar-refractivity contribution in [3.63, 3.8) is 0 Å². The van der Waals surface area contributed by atoms with Crippen LogP contribution >= 0.6 is 0 Å². The summed E-state index contributed by atoms with van der Waals surface area (Å²) >= 11 is 0. The molecular weight excluding hydrogens is 488 g/mol. The van der Waals surface area contributed by atoms with Crippen molar-refractivity contribution in [1.82, 2.24) is 4.90 Å². The van der Waals surface area contributed by atoms with E-state index >= 15 is 0 Å². The molecule has 2 amide bonds. The molecule has 39 heavy (non-hydrogen) atoms. The minimum atomic E-state index is -0.193. The maximum atomic E-state index is 12.7. The van der Waals surface area contributed by atoms with Gasteiger partial charge in [-0.15, -0.1) is 0 Å². The topological polar surface area (TPSA) is 82.0 Å². The van der Waals surface area contributed by atoms with Gasteiger partial charge in [0.05, 0.1) is 7.11 Å². The smallest absolute Gasteiger partial charge is 0.321 e. The molecule has 0 atom stereocenters. The Morgan fingerprint density at radius 2 is 1.46 bits per heavy atom. The number of fused-ring (bicyclic) bond motifs is 1. The third-order valence-corrected chi connectivity index (χ3v) is 6.80. The molecule has 0 unspecified atom stereocenters. The number of rotatable bonds is 7. The normalized spacial score (nSPS) is 10.8. The van der Waals surface area contributed by atoms with Crippen LogP contribution in [0.2, 0.25) is 0 Å². The quantitative estimate of drug-likeness (QED) is 0.213. The molecule has 0 aliphatic carbocycles. The maximum Gasteiger partial charge on any atom is 0.321 e. The van der Waals surface area contributed by atoms with Gasteiger partial charge in [-0.2, -0.15) is 0 Å². The van der Waals surface area contributed by atoms with Crippen LogP contribution in [0.4, 0.5) is 10.5 Å². The van der Waals surface area contributed by atoms with Crippen LogP contribution in [0, 0.1) is 0 Å². The molecule has 0 fully saturated rings. The average molecular weight is 519 g/mol. The number of hydrogen-bond donors (Lipinski definition) is 3. The van der Waals surface area contributed by atoms with Crippen molar-refractivity contribution in [2.24, 2.45) is 0 Å². The minimum absolute atomic E-state index is 0.193. The van der Waals surface area contributed by atoms with Gasteiger partial charge in [-0.1, -0.05) is 54.6 Å². The molecule has 0 aliphatic rings. The molecule has 0 aromatic heterocycles. The van der Waals surface area contributed by atoms with E-state index in [0.29, 0.717) is 18.7 Å². The SMILES string of the molecule is COc1ccc(NC(=O)N(C)Cc2ccc(Cc3c(-c4ccc(O)cc4)ccc4cc(O)ccc34)cc2)cc1. The van der Waals surface area contributed by atoms with Gasteiger partial charge in [-0.25, -0.2) is 4.79 Å². The number of anilines is 1. The fourth-order valence-corrected chi connectivity index (χ4v) is 4.69. The van der Waals surface area contributed by atoms with Crippen molar-refractivity contribution >= 4 is 22.5 Å². The van der Waals surface area contributed by atoms with Gasteiger partial charge in [-0.05, 0) is 93.5 Å². The summed E-state index contributed by atoms with van der Waals surface area (Å²) in [6.45, 7) is 0.467. The summed E-state index contributed by atoms with van der Waals surface area (Å²) in [4.78, 5) is 14.3. The number of hydrogen-bond acceptors (Lipinski definition) is 4. The first-order valence-electron chi connectivity index (χ1n) is 12.7. The monoisotopic (exact) mass is 518 g/mol. The Morgan fingerprint density at radius 3 is 2.15 bits per heavy atom. The Kier molecular flexibility index (Phi) is 7.37. The van der Waals surface area contributed by atoms with Crippen molar-refractivity contribution in [1.29, 1.82) is 0 Å². The molecule has 5 rings (SSSR count). The number of benzene rings is 5. The summed E-state index contributed by atoms with van der Waals surface area (Å²) in [5.41, 5.74) is 6.08. The number of amides is 2. The Hall–Kier alpha value is -4.97. The van der Waals surface area contributed by atoms with E-state index in [-0.39, 0.29) is 17.5 Å². The fraction of sp³-hybridized carbons (Fsp3) is 0.121. The molecule has 0 spiro atoms. The zero-order valence-electron chi connectivity index (χ0n) is 21.9. The first-order valence-corrected chi connectivity index (χ1v) is 12.7. The largest absolute Gasteiger partial charge is 0.508 e. The molecule has 5 aromatic rings. The number of carbonyl (C=O) groups excluding carboxylic acids is 1. The van der Waals surface area contributed by atoms with Crippen LogP contribution in [0.15, 0.2) is 103 Å². The summed E-state index contributed by atoms with van der Waals surface area (Å²) in [7, 11) is 3.37. The highest BCUT2D eigenvalue weighted by molar-refractivity contribution is 5.93. The zero-order chi connectivity index (χ0) is 27.4. The van der Waals surface area contributed by atoms with Crippen molar-refractivity contribution in [2.45, 2.75) is 13.0 Å². The van der Waals surface area contributed by atoms with Gasteiger partial charge >= 0.3 is 6.03 Å². The Balaban J connectivity index is 1.34. The third-order valence-electron chi connectivity index (χ3n) is 6.80. The second-order valence-corrected chi connectivity index (χ2v) is 9.55. The summed E-state index contributed by atoms with van der Waals surface area (Å²) in [5.74, 6) is 1.19. The molecule has 6 nitrogen and oxygen atoms in total. The van der Waals surface area contributed by atoms with Crippen LogP contribution in [-0.2, 0) is 13.0 Å². The second kappa shape index (κ2) is 11.2. The lowest BCUT2D eigenvalue weighted by Gasteiger charge is -2.19. The summed E-state index contributed by atoms with van der Waals surface area (Å²) in [5, 5.41) is 24.7. The van der Waals surface area contributed by atoms with Crippen LogP contribution in [0.25, 0.3) is 21.9 Å². The lowest BCUT2D eigenvalue weighted by Crippen LogP contribution is -2.30. The predicted molar refractivity (Wildman–Crippen MR) is 155 cm³/mol. The summed E-state index contributed by atoms with van der Waals surface area (Å²) in [6.07, 6.45) is 0.687. The first-order chi connectivity index (χ1) is 18.9. The van der Waals surface area contributed by atoms with Crippen LogP contribution in [0.5, 0.6) is 17.2 Å². The van der Waals surface area contributed by atoms with Crippen molar-refractivity contribution in [2.75, 3.05) is 19.5 Å². The summed E-state index contributed by atoms with van der Waals surface area (Å²) < 4.78 is 5.16. The predicted octanol–water partition coefficient (Wildman–Crippen LogP) is 7.18. The number of methoxy groups -OCH3 is 1. The number of urea groups is 1. The van der Waals surface area contributed by atoms with E-state index in [2.05, 4.69) is 23.5 Å². The molecule has 0 bridgehead atoms. The van der Waals surface area contributed by atoms with Crippen LogP contribution < -0.4 is 10.1 Å². The maximum absolute atomic E-state index is 12.7. The van der Waals surface area contributed by atoms with Crippen LogP contribution in [-0.4, -0.2) is 35.3 Å². The number of nitrogens with zero attached hydrogens (tertiary/aromatic N) is 1. The third kappa shape index (κ3) is 5.96. The molecular formula is C33H30N2O4. The van der Waals surface area contributed by atoms with Gasteiger partial charge in [0.1, 0.15) is 17.2 Å². The van der Waals surface area contributed by atoms with Crippen molar-refractivity contribution < 1.29 is 19.7 Å². The average Bonchev–Trinajstić information content (AvgIpc) is 2.95. The Morgan fingerprint density at radius 1 is 0.795 bits per heavy atom. The van der Waals surface area contributed by atoms with Gasteiger partial charge in [-0.3, -0.25) is 0 Å². The molecule has 0 saturated heterocycles. The fourth-order valence-electron chi connectivity index (χ4n) is 4.69. The molecule has 0 saturated carbocycles. The highest BCUT2D eigenvalue weighted by Crippen LogP contribution is 2.34. The highest BCUT2D eigenvalue weighted by atomic mass is 16.5. The van der Waals surface area contributed by atoms with Gasteiger partial charge in [0.15, 0.2) is 0 Å². The van der Waals surface area contributed by atoms with Crippen LogP contribution in [0.1, 0.15) is 16.7 Å². The zero-order valence-corrected chi connectivity index (χ0v) is 21.9. The number of ether oxygens (including phenoxy) is 1. The van der Waals surface area contributed by atoms with Crippen molar-refractivity contribution in [3.05, 3.63) is 120 Å². The number of phenols is 2. The molecule has 3 N–H and O–H groups in total. The highest BCUT2D eigenvalue weighted by Gasteiger charge is 2.13. The van der Waals surface area contributed by atoms with E-state index in [1.165, 1.54) is 0 Å². The summed E-state index contributed by atoms with van der Waals surface area (Å²) in [6, 6.07) is 32.0. The van der Waals surface area contributed by atoms with E-state index in [1.54, 1.807) is 67.6 Å². The van der Waals surface area contributed by atoms with Crippen LogP contribution in [0.3, 0.4) is 0 Å². The Bertz CT molecular complexity index is 1600. The van der Waals surface area contributed by atoms with Crippen molar-refractivity contribution in [3.8, 4) is 28.4 Å². The lowest BCUT2D eigenvalue weighted by atomic mass is 9.90. The van der Waals surface area contributed by atoms with E-state index < -0.39 is 0 Å². The van der Waals surface area contributed by atoms with E-state index in [0.717, 1.165) is 44.3 Å². The minimum Gasteiger partial charge on any atom is -0.508 e. The van der Waals surface area contributed by atoms with E-state index in [9.17, 15) is 15.0 Å². The molecule has 196 valence electrons. The molecule has 6 heteroatoms. The number of aromatic hydroxyl groups is 2. The van der Waals surface area contributed by atoms with Gasteiger partial charge in [0, 0.05) is 19.3 Å².